The van der Waals surface area contributed by atoms with E-state index in [0.717, 1.165) is 17.3 Å². The average Bonchev–Trinajstić information content (AvgIpc) is 2.85. The Kier molecular flexibility index (Phi) is 5.41. The van der Waals surface area contributed by atoms with E-state index in [1.807, 2.05) is 0 Å². The van der Waals surface area contributed by atoms with Crippen LogP contribution in [-0.4, -0.2) is 16.1 Å². The van der Waals surface area contributed by atoms with Gasteiger partial charge in [-0.2, -0.15) is 0 Å². The summed E-state index contributed by atoms with van der Waals surface area (Å²) in [5.74, 6) is -1.01. The highest BCUT2D eigenvalue weighted by molar-refractivity contribution is 8.27. The number of rotatable bonds is 3. The van der Waals surface area contributed by atoms with Crippen molar-refractivity contribution in [1.82, 2.24) is 0 Å². The molecule has 2 aromatic rings. The van der Waals surface area contributed by atoms with E-state index in [1.165, 1.54) is 30.0 Å². The van der Waals surface area contributed by atoms with Crippen molar-refractivity contribution in [2.75, 3.05) is 10.2 Å². The molecule has 0 aliphatic carbocycles. The zero-order chi connectivity index (χ0) is 18.8. The number of hydrogen-bond donors (Lipinski definition) is 1. The van der Waals surface area contributed by atoms with Gasteiger partial charge >= 0.3 is 0 Å². The molecule has 4 nitrogen and oxygen atoms in total. The van der Waals surface area contributed by atoms with Gasteiger partial charge in [0.05, 0.1) is 15.6 Å². The van der Waals surface area contributed by atoms with Gasteiger partial charge in [0, 0.05) is 12.6 Å². The van der Waals surface area contributed by atoms with Crippen molar-refractivity contribution in [1.29, 1.82) is 0 Å². The summed E-state index contributed by atoms with van der Waals surface area (Å²) >= 11 is 12.2. The van der Waals surface area contributed by atoms with Crippen molar-refractivity contribution in [3.05, 3.63) is 63.8 Å². The molecule has 3 rings (SSSR count). The van der Waals surface area contributed by atoms with Crippen molar-refractivity contribution in [2.24, 2.45) is 0 Å². The molecule has 0 aromatic heterocycles. The molecule has 0 radical (unpaired) electrons. The fourth-order valence-electron chi connectivity index (χ4n) is 2.33. The lowest BCUT2D eigenvalue weighted by Crippen LogP contribution is -2.27. The molecule has 132 valence electrons. The van der Waals surface area contributed by atoms with Crippen LogP contribution in [0.2, 0.25) is 5.02 Å². The number of anilines is 2. The second kappa shape index (κ2) is 7.57. The third kappa shape index (κ3) is 3.95. The van der Waals surface area contributed by atoms with E-state index < -0.39 is 5.82 Å². The molecule has 0 saturated carbocycles. The van der Waals surface area contributed by atoms with Gasteiger partial charge in [-0.3, -0.25) is 14.5 Å². The van der Waals surface area contributed by atoms with Crippen LogP contribution in [0.1, 0.15) is 12.5 Å². The Hall–Kier alpha value is -2.22. The third-order valence-electron chi connectivity index (χ3n) is 3.48. The maximum Gasteiger partial charge on any atom is 0.270 e. The Balaban J connectivity index is 1.85. The Bertz CT molecular complexity index is 945. The average molecular weight is 407 g/mol. The quantitative estimate of drug-likeness (QED) is 0.585. The molecule has 2 amide bonds. The Labute approximate surface area is 164 Å². The monoisotopic (exact) mass is 406 g/mol. The Morgan fingerprint density at radius 1 is 1.27 bits per heavy atom. The number of carbonyl (C=O) groups excluding carboxylic acids is 2. The molecule has 1 fully saturated rings. The largest absolute Gasteiger partial charge is 0.326 e. The summed E-state index contributed by atoms with van der Waals surface area (Å²) in [5, 5.41) is 2.60. The highest BCUT2D eigenvalue weighted by Gasteiger charge is 2.33. The summed E-state index contributed by atoms with van der Waals surface area (Å²) in [6.45, 7) is 1.43. The molecule has 0 bridgehead atoms. The molecule has 0 unspecified atom stereocenters. The third-order valence-corrected chi connectivity index (χ3v) is 5.08. The number of amides is 2. The van der Waals surface area contributed by atoms with E-state index in [0.29, 0.717) is 20.6 Å². The van der Waals surface area contributed by atoms with Crippen LogP contribution in [0, 0.1) is 5.82 Å². The second-order valence-electron chi connectivity index (χ2n) is 5.42. The van der Waals surface area contributed by atoms with Crippen LogP contribution in [-0.2, 0) is 9.59 Å². The number of thiocarbonyl (C=S) groups is 1. The number of nitrogens with zero attached hydrogens (tertiary/aromatic N) is 1. The lowest BCUT2D eigenvalue weighted by Gasteiger charge is -2.14. The molecule has 2 aromatic carbocycles. The molecule has 1 aliphatic heterocycles. The molecular formula is C18H12ClFN2O2S2. The first-order valence-electron chi connectivity index (χ1n) is 7.46. The first-order chi connectivity index (χ1) is 12.3. The topological polar surface area (TPSA) is 49.4 Å². The molecule has 1 N–H and O–H groups in total. The lowest BCUT2D eigenvalue weighted by molar-refractivity contribution is -0.114. The standard InChI is InChI=1S/C18H12ClFN2O2S2/c1-10(23)21-12-4-2-11(3-5-12)8-16-17(24)22(18(25)26-16)13-6-7-15(20)14(19)9-13/h2-9H,1H3,(H,21,23)/b16-8-. The van der Waals surface area contributed by atoms with Crippen LogP contribution in [0.15, 0.2) is 47.4 Å². The summed E-state index contributed by atoms with van der Waals surface area (Å²) in [7, 11) is 0. The number of halogens is 2. The van der Waals surface area contributed by atoms with E-state index in [9.17, 15) is 14.0 Å². The van der Waals surface area contributed by atoms with Gasteiger partial charge in [0.1, 0.15) is 5.82 Å². The van der Waals surface area contributed by atoms with E-state index in [4.69, 9.17) is 23.8 Å². The predicted molar refractivity (Wildman–Crippen MR) is 108 cm³/mol. The van der Waals surface area contributed by atoms with Gasteiger partial charge < -0.3 is 5.32 Å². The number of nitrogens with one attached hydrogen (secondary N) is 1. The molecule has 26 heavy (non-hydrogen) atoms. The number of hydrogen-bond acceptors (Lipinski definition) is 4. The highest BCUT2D eigenvalue weighted by Crippen LogP contribution is 2.37. The fraction of sp³-hybridized carbons (Fsp3) is 0.0556. The van der Waals surface area contributed by atoms with Gasteiger partial charge in [0.25, 0.3) is 5.91 Å². The van der Waals surface area contributed by atoms with E-state index in [-0.39, 0.29) is 16.8 Å². The summed E-state index contributed by atoms with van der Waals surface area (Å²) < 4.78 is 13.7. The van der Waals surface area contributed by atoms with E-state index in [1.54, 1.807) is 30.3 Å². The number of thioether (sulfide) groups is 1. The van der Waals surface area contributed by atoms with Gasteiger partial charge in [-0.25, -0.2) is 4.39 Å². The van der Waals surface area contributed by atoms with Gasteiger partial charge in [-0.15, -0.1) is 0 Å². The van der Waals surface area contributed by atoms with Crippen LogP contribution < -0.4 is 10.2 Å². The van der Waals surface area contributed by atoms with Gasteiger partial charge in [0.15, 0.2) is 4.32 Å². The highest BCUT2D eigenvalue weighted by atomic mass is 35.5. The zero-order valence-corrected chi connectivity index (χ0v) is 15.8. The molecule has 0 atom stereocenters. The fourth-order valence-corrected chi connectivity index (χ4v) is 3.81. The maximum absolute atomic E-state index is 13.3. The Morgan fingerprint density at radius 3 is 2.58 bits per heavy atom. The summed E-state index contributed by atoms with van der Waals surface area (Å²) in [4.78, 5) is 25.5. The molecule has 0 spiro atoms. The SMILES string of the molecule is CC(=O)Nc1ccc(/C=C2\SC(=S)N(c3ccc(F)c(Cl)c3)C2=O)cc1. The predicted octanol–water partition coefficient (Wildman–Crippen LogP) is 4.84. The van der Waals surface area contributed by atoms with Crippen molar-refractivity contribution in [2.45, 2.75) is 6.92 Å². The van der Waals surface area contributed by atoms with E-state index in [2.05, 4.69) is 5.32 Å². The van der Waals surface area contributed by atoms with Gasteiger partial charge in [0.2, 0.25) is 5.91 Å². The summed E-state index contributed by atoms with van der Waals surface area (Å²) in [5.41, 5.74) is 1.88. The smallest absolute Gasteiger partial charge is 0.270 e. The molecule has 1 heterocycles. The van der Waals surface area contributed by atoms with Crippen molar-refractivity contribution in [3.8, 4) is 0 Å². The molecular weight excluding hydrogens is 395 g/mol. The number of carbonyl (C=O) groups is 2. The zero-order valence-electron chi connectivity index (χ0n) is 13.5. The summed E-state index contributed by atoms with van der Waals surface area (Å²) in [6.07, 6.45) is 1.71. The molecule has 1 saturated heterocycles. The second-order valence-corrected chi connectivity index (χ2v) is 7.50. The minimum atomic E-state index is -0.560. The van der Waals surface area contributed by atoms with Gasteiger partial charge in [-0.1, -0.05) is 47.7 Å². The first-order valence-corrected chi connectivity index (χ1v) is 9.06. The molecule has 8 heteroatoms. The Morgan fingerprint density at radius 2 is 1.96 bits per heavy atom. The van der Waals surface area contributed by atoms with Gasteiger partial charge in [-0.05, 0) is 42.0 Å². The minimum absolute atomic E-state index is 0.0749. The molecule has 1 aliphatic rings. The van der Waals surface area contributed by atoms with Crippen LogP contribution in [0.3, 0.4) is 0 Å². The lowest BCUT2D eigenvalue weighted by atomic mass is 10.2. The van der Waals surface area contributed by atoms with E-state index >= 15 is 0 Å². The van der Waals surface area contributed by atoms with Crippen molar-refractivity contribution >= 4 is 69.2 Å². The first kappa shape index (κ1) is 18.6. The number of benzene rings is 2. The van der Waals surface area contributed by atoms with Crippen molar-refractivity contribution in [3.63, 3.8) is 0 Å². The minimum Gasteiger partial charge on any atom is -0.326 e. The van der Waals surface area contributed by atoms with Crippen LogP contribution in [0.5, 0.6) is 0 Å². The van der Waals surface area contributed by atoms with Crippen LogP contribution in [0.25, 0.3) is 6.08 Å². The summed E-state index contributed by atoms with van der Waals surface area (Å²) in [6, 6.07) is 11.1. The van der Waals surface area contributed by atoms with Crippen LogP contribution in [0.4, 0.5) is 15.8 Å². The van der Waals surface area contributed by atoms with Crippen molar-refractivity contribution < 1.29 is 14.0 Å². The normalized spacial score (nSPS) is 15.7. The van der Waals surface area contributed by atoms with Crippen LogP contribution >= 0.6 is 35.6 Å². The maximum atomic E-state index is 13.3.